The van der Waals surface area contributed by atoms with E-state index in [2.05, 4.69) is 21.2 Å². The van der Waals surface area contributed by atoms with Crippen LogP contribution >= 0.6 is 39.1 Å². The molecular weight excluding hydrogens is 555 g/mol. The normalized spacial score (nSPS) is 11.1. The van der Waals surface area contributed by atoms with Crippen molar-refractivity contribution in [3.63, 3.8) is 0 Å². The Bertz CT molecular complexity index is 841. The molecule has 0 heterocycles. The first-order chi connectivity index (χ1) is 15.7. The van der Waals surface area contributed by atoms with Gasteiger partial charge >= 0.3 is 0 Å². The minimum absolute atomic E-state index is 0. The van der Waals surface area contributed by atoms with Crippen LogP contribution in [0.5, 0.6) is 0 Å². The molecule has 0 aliphatic carbocycles. The van der Waals surface area contributed by atoms with Crippen LogP contribution in [0.4, 0.5) is 0 Å². The molecule has 0 bridgehead atoms. The SMILES string of the molecule is C.C.CCOC(C)C(=O)NCc1ccccc1Cl.CCOC(C)C(N)=O.Clc1ccccc1CBr. The fraction of sp³-hybridized carbons (Fsp3) is 0.462. The van der Waals surface area contributed by atoms with Crippen molar-refractivity contribution < 1.29 is 19.1 Å². The minimum atomic E-state index is -0.444. The number of alkyl halides is 1. The van der Waals surface area contributed by atoms with Crippen molar-refractivity contribution in [1.29, 1.82) is 0 Å². The van der Waals surface area contributed by atoms with Crippen molar-refractivity contribution in [2.75, 3.05) is 13.2 Å². The fourth-order valence-corrected chi connectivity index (χ4v) is 3.29. The van der Waals surface area contributed by atoms with E-state index >= 15 is 0 Å². The summed E-state index contributed by atoms with van der Waals surface area (Å²) in [6.45, 7) is 8.52. The van der Waals surface area contributed by atoms with Crippen LogP contribution in [-0.4, -0.2) is 37.2 Å². The maximum absolute atomic E-state index is 11.5. The third-order valence-corrected chi connectivity index (χ3v) is 5.46. The number of benzene rings is 2. The van der Waals surface area contributed by atoms with E-state index in [9.17, 15) is 9.59 Å². The van der Waals surface area contributed by atoms with Crippen LogP contribution in [0, 0.1) is 0 Å². The largest absolute Gasteiger partial charge is 0.369 e. The van der Waals surface area contributed by atoms with Crippen LogP contribution < -0.4 is 11.1 Å². The molecule has 35 heavy (non-hydrogen) atoms. The van der Waals surface area contributed by atoms with Crippen molar-refractivity contribution in [1.82, 2.24) is 5.32 Å². The number of nitrogens with one attached hydrogen (secondary N) is 1. The van der Waals surface area contributed by atoms with Gasteiger partial charge in [-0.15, -0.1) is 0 Å². The molecule has 2 amide bonds. The highest BCUT2D eigenvalue weighted by Gasteiger charge is 2.12. The van der Waals surface area contributed by atoms with Gasteiger partial charge < -0.3 is 20.5 Å². The Labute approximate surface area is 230 Å². The summed E-state index contributed by atoms with van der Waals surface area (Å²) in [5.74, 6) is -0.534. The summed E-state index contributed by atoms with van der Waals surface area (Å²) in [6, 6.07) is 15.2. The molecule has 6 nitrogen and oxygen atoms in total. The van der Waals surface area contributed by atoms with Crippen molar-refractivity contribution in [2.45, 2.75) is 66.6 Å². The molecule has 2 aromatic carbocycles. The number of carbonyl (C=O) groups is 2. The summed E-state index contributed by atoms with van der Waals surface area (Å²) in [4.78, 5) is 21.7. The minimum Gasteiger partial charge on any atom is -0.369 e. The molecule has 2 unspecified atom stereocenters. The van der Waals surface area contributed by atoms with E-state index < -0.39 is 18.1 Å². The van der Waals surface area contributed by atoms with Crippen molar-refractivity contribution in [3.05, 3.63) is 69.7 Å². The molecular formula is C26H41BrCl2N2O4. The Morgan fingerprint density at radius 2 is 1.31 bits per heavy atom. The van der Waals surface area contributed by atoms with E-state index in [1.807, 2.05) is 56.3 Å². The molecule has 0 aliphatic rings. The first kappa shape index (κ1) is 37.9. The standard InChI is InChI=1S/C12H16ClNO2.C7H6BrCl.C5H11NO2.2CH4/c1-3-16-9(2)12(15)14-8-10-6-4-5-7-11(10)13;8-5-6-3-1-2-4-7(6)9;1-3-8-4(2)5(6)7;;/h4-7,9H,3,8H2,1-2H3,(H,14,15);1-4H,5H2;4H,3H2,1-2H3,(H2,6,7);2*1H4. The molecule has 9 heteroatoms. The highest BCUT2D eigenvalue weighted by Crippen LogP contribution is 2.17. The van der Waals surface area contributed by atoms with E-state index in [0.29, 0.717) is 24.8 Å². The van der Waals surface area contributed by atoms with E-state index in [0.717, 1.165) is 21.5 Å². The predicted molar refractivity (Wildman–Crippen MR) is 152 cm³/mol. The van der Waals surface area contributed by atoms with Gasteiger partial charge in [0, 0.05) is 35.1 Å². The van der Waals surface area contributed by atoms with Crippen LogP contribution in [0.1, 0.15) is 53.7 Å². The average molecular weight is 596 g/mol. The third kappa shape index (κ3) is 17.4. The summed E-state index contributed by atoms with van der Waals surface area (Å²) in [5, 5.41) is 5.09. The zero-order valence-electron chi connectivity index (χ0n) is 19.4. The lowest BCUT2D eigenvalue weighted by Crippen LogP contribution is -2.34. The van der Waals surface area contributed by atoms with E-state index in [4.69, 9.17) is 38.4 Å². The Hall–Kier alpha value is -1.64. The number of amides is 2. The summed E-state index contributed by atoms with van der Waals surface area (Å²) in [5.41, 5.74) is 6.90. The van der Waals surface area contributed by atoms with Crippen LogP contribution in [0.15, 0.2) is 48.5 Å². The van der Waals surface area contributed by atoms with Crippen molar-refractivity contribution in [3.8, 4) is 0 Å². The average Bonchev–Trinajstić information content (AvgIpc) is 2.80. The van der Waals surface area contributed by atoms with Crippen molar-refractivity contribution >= 4 is 50.9 Å². The second kappa shape index (κ2) is 22.8. The first-order valence-electron chi connectivity index (χ1n) is 10.5. The molecule has 2 atom stereocenters. The topological polar surface area (TPSA) is 90.7 Å². The summed E-state index contributed by atoms with van der Waals surface area (Å²) in [7, 11) is 0. The summed E-state index contributed by atoms with van der Waals surface area (Å²) < 4.78 is 10.0. The molecule has 0 saturated carbocycles. The number of hydrogen-bond donors (Lipinski definition) is 2. The molecule has 200 valence electrons. The number of ether oxygens (including phenoxy) is 2. The van der Waals surface area contributed by atoms with Crippen LogP contribution in [0.3, 0.4) is 0 Å². The molecule has 3 N–H and O–H groups in total. The van der Waals surface area contributed by atoms with Crippen molar-refractivity contribution in [2.24, 2.45) is 5.73 Å². The van der Waals surface area contributed by atoms with Gasteiger partial charge in [-0.05, 0) is 51.0 Å². The number of rotatable bonds is 9. The van der Waals surface area contributed by atoms with Gasteiger partial charge in [-0.3, -0.25) is 9.59 Å². The molecule has 0 radical (unpaired) electrons. The lowest BCUT2D eigenvalue weighted by molar-refractivity contribution is -0.131. The van der Waals surface area contributed by atoms with Gasteiger partial charge in [-0.1, -0.05) is 90.4 Å². The molecule has 0 fully saturated rings. The maximum atomic E-state index is 11.5. The Morgan fingerprint density at radius 1 is 0.886 bits per heavy atom. The number of carbonyl (C=O) groups excluding carboxylic acids is 2. The molecule has 0 aromatic heterocycles. The van der Waals surface area contributed by atoms with Gasteiger partial charge in [-0.25, -0.2) is 0 Å². The Balaban J connectivity index is -0.000000463. The number of primary amides is 1. The quantitative estimate of drug-likeness (QED) is 0.312. The van der Waals surface area contributed by atoms with E-state index in [-0.39, 0.29) is 20.8 Å². The highest BCUT2D eigenvalue weighted by atomic mass is 79.9. The zero-order chi connectivity index (χ0) is 25.2. The molecule has 0 spiro atoms. The van der Waals surface area contributed by atoms with Gasteiger partial charge in [0.25, 0.3) is 0 Å². The van der Waals surface area contributed by atoms with Crippen LogP contribution in [0.2, 0.25) is 10.0 Å². The maximum Gasteiger partial charge on any atom is 0.249 e. The van der Waals surface area contributed by atoms with E-state index in [1.54, 1.807) is 19.9 Å². The van der Waals surface area contributed by atoms with E-state index in [1.165, 1.54) is 0 Å². The fourth-order valence-electron chi connectivity index (χ4n) is 2.23. The smallest absolute Gasteiger partial charge is 0.249 e. The summed E-state index contributed by atoms with van der Waals surface area (Å²) >= 11 is 15.1. The van der Waals surface area contributed by atoms with Crippen LogP contribution in [0.25, 0.3) is 0 Å². The zero-order valence-corrected chi connectivity index (χ0v) is 22.5. The first-order valence-corrected chi connectivity index (χ1v) is 12.4. The second-order valence-corrected chi connectivity index (χ2v) is 8.01. The van der Waals surface area contributed by atoms with Gasteiger partial charge in [0.15, 0.2) is 0 Å². The highest BCUT2D eigenvalue weighted by molar-refractivity contribution is 9.08. The number of nitrogens with two attached hydrogens (primary N) is 1. The molecule has 2 aromatic rings. The monoisotopic (exact) mass is 594 g/mol. The van der Waals surface area contributed by atoms with Gasteiger partial charge in [-0.2, -0.15) is 0 Å². The lowest BCUT2D eigenvalue weighted by atomic mass is 10.2. The lowest BCUT2D eigenvalue weighted by Gasteiger charge is -2.12. The van der Waals surface area contributed by atoms with Gasteiger partial charge in [0.05, 0.1) is 0 Å². The second-order valence-electron chi connectivity index (χ2n) is 6.63. The molecule has 2 rings (SSSR count). The molecule has 0 saturated heterocycles. The third-order valence-electron chi connectivity index (χ3n) is 4.12. The van der Waals surface area contributed by atoms with Gasteiger partial charge in [0.2, 0.25) is 11.8 Å². The summed E-state index contributed by atoms with van der Waals surface area (Å²) in [6.07, 6.45) is -0.868. The molecule has 0 aliphatic heterocycles. The van der Waals surface area contributed by atoms with Crippen LogP contribution in [-0.2, 0) is 30.9 Å². The predicted octanol–water partition coefficient (Wildman–Crippen LogP) is 6.79. The Morgan fingerprint density at radius 3 is 1.66 bits per heavy atom. The number of halogens is 3. The Kier molecular flexibility index (Phi) is 24.7. The van der Waals surface area contributed by atoms with Gasteiger partial charge in [0.1, 0.15) is 12.2 Å². The number of hydrogen-bond acceptors (Lipinski definition) is 4.